The molecule has 0 fully saturated rings. The van der Waals surface area contributed by atoms with Crippen molar-refractivity contribution in [1.82, 2.24) is 8.61 Å². The third-order valence-corrected chi connectivity index (χ3v) is 5.76. The van der Waals surface area contributed by atoms with Gasteiger partial charge in [-0.3, -0.25) is 0 Å². The van der Waals surface area contributed by atoms with Crippen LogP contribution in [0.25, 0.3) is 0 Å². The van der Waals surface area contributed by atoms with E-state index in [-0.39, 0.29) is 12.8 Å². The van der Waals surface area contributed by atoms with E-state index in [9.17, 15) is 8.42 Å². The lowest BCUT2D eigenvalue weighted by molar-refractivity contribution is 0.174. The molecule has 21 heavy (non-hydrogen) atoms. The molecule has 0 saturated carbocycles. The van der Waals surface area contributed by atoms with Crippen LogP contribution in [-0.4, -0.2) is 43.5 Å². The van der Waals surface area contributed by atoms with Crippen molar-refractivity contribution >= 4 is 10.2 Å². The summed E-state index contributed by atoms with van der Waals surface area (Å²) in [6.07, 6.45) is 0. The second-order valence-electron chi connectivity index (χ2n) is 5.23. The molecule has 6 nitrogen and oxygen atoms in total. The summed E-state index contributed by atoms with van der Waals surface area (Å²) in [5.41, 5.74) is 0.877. The number of hydrogen-bond donors (Lipinski definition) is 0. The molecule has 0 unspecified atom stereocenters. The first kappa shape index (κ1) is 16.1. The summed E-state index contributed by atoms with van der Waals surface area (Å²) in [5.74, 6) is 1.36. The molecule has 0 bridgehead atoms. The van der Waals surface area contributed by atoms with Crippen molar-refractivity contribution in [3.05, 3.63) is 23.8 Å². The highest BCUT2D eigenvalue weighted by Crippen LogP contribution is 2.33. The molecular weight excluding hydrogens is 292 g/mol. The van der Waals surface area contributed by atoms with E-state index in [2.05, 4.69) is 0 Å². The summed E-state index contributed by atoms with van der Waals surface area (Å²) in [4.78, 5) is 0. The zero-order chi connectivity index (χ0) is 15.6. The Balaban J connectivity index is 2.19. The van der Waals surface area contributed by atoms with Gasteiger partial charge in [-0.05, 0) is 31.5 Å². The summed E-state index contributed by atoms with van der Waals surface area (Å²) in [6.45, 7) is 6.47. The third kappa shape index (κ3) is 3.30. The highest BCUT2D eigenvalue weighted by Gasteiger charge is 2.28. The van der Waals surface area contributed by atoms with E-state index < -0.39 is 10.2 Å². The largest absolute Gasteiger partial charge is 0.454 e. The average molecular weight is 314 g/mol. The molecule has 0 atom stereocenters. The molecule has 1 aromatic rings. The molecule has 0 N–H and O–H groups in total. The quantitative estimate of drug-likeness (QED) is 0.804. The summed E-state index contributed by atoms with van der Waals surface area (Å²) < 4.78 is 38.5. The number of rotatable bonds is 6. The summed E-state index contributed by atoms with van der Waals surface area (Å²) in [5, 5.41) is 0. The van der Waals surface area contributed by atoms with Gasteiger partial charge in [-0.25, -0.2) is 0 Å². The molecule has 0 amide bonds. The maximum atomic E-state index is 12.5. The minimum absolute atomic E-state index is 0.0826. The molecule has 0 radical (unpaired) electrons. The van der Waals surface area contributed by atoms with Gasteiger partial charge in [0.1, 0.15) is 0 Å². The van der Waals surface area contributed by atoms with Gasteiger partial charge in [0.15, 0.2) is 11.5 Å². The summed E-state index contributed by atoms with van der Waals surface area (Å²) >= 11 is 0. The second-order valence-corrected chi connectivity index (χ2v) is 7.22. The van der Waals surface area contributed by atoms with Gasteiger partial charge in [-0.2, -0.15) is 17.0 Å². The maximum absolute atomic E-state index is 12.5. The lowest BCUT2D eigenvalue weighted by Gasteiger charge is -2.29. The SMILES string of the molecule is CCN(Cc1ccc2c(c1)OCO2)S(=O)(=O)N(C)C(C)C. The average Bonchev–Trinajstić information content (AvgIpc) is 2.90. The molecule has 0 aliphatic carbocycles. The molecule has 1 aromatic carbocycles. The molecule has 0 saturated heterocycles. The van der Waals surface area contributed by atoms with Crippen LogP contribution >= 0.6 is 0 Å². The Hall–Kier alpha value is -1.31. The van der Waals surface area contributed by atoms with Crippen molar-refractivity contribution in [2.24, 2.45) is 0 Å². The van der Waals surface area contributed by atoms with Crippen LogP contribution in [-0.2, 0) is 16.8 Å². The van der Waals surface area contributed by atoms with Crippen LogP contribution in [0, 0.1) is 0 Å². The van der Waals surface area contributed by atoms with E-state index in [4.69, 9.17) is 9.47 Å². The van der Waals surface area contributed by atoms with Gasteiger partial charge in [-0.15, -0.1) is 0 Å². The van der Waals surface area contributed by atoms with Crippen LogP contribution in [0.3, 0.4) is 0 Å². The Bertz CT molecular complexity index is 601. The molecule has 0 spiro atoms. The van der Waals surface area contributed by atoms with Gasteiger partial charge in [0.25, 0.3) is 10.2 Å². The van der Waals surface area contributed by atoms with E-state index in [1.807, 2.05) is 39.0 Å². The van der Waals surface area contributed by atoms with Crippen LogP contribution < -0.4 is 9.47 Å². The van der Waals surface area contributed by atoms with Gasteiger partial charge in [0.2, 0.25) is 6.79 Å². The van der Waals surface area contributed by atoms with Crippen LogP contribution in [0.2, 0.25) is 0 Å². The highest BCUT2D eigenvalue weighted by atomic mass is 32.2. The fraction of sp³-hybridized carbons (Fsp3) is 0.571. The van der Waals surface area contributed by atoms with Gasteiger partial charge < -0.3 is 9.47 Å². The van der Waals surface area contributed by atoms with Crippen LogP contribution in [0.1, 0.15) is 26.3 Å². The predicted molar refractivity (Wildman–Crippen MR) is 80.5 cm³/mol. The monoisotopic (exact) mass is 314 g/mol. The Labute approximate surface area is 126 Å². The Kier molecular flexibility index (Phi) is 4.75. The van der Waals surface area contributed by atoms with Gasteiger partial charge >= 0.3 is 0 Å². The molecule has 118 valence electrons. The Morgan fingerprint density at radius 2 is 1.90 bits per heavy atom. The topological polar surface area (TPSA) is 59.1 Å². The van der Waals surface area contributed by atoms with Crippen molar-refractivity contribution < 1.29 is 17.9 Å². The zero-order valence-electron chi connectivity index (χ0n) is 12.9. The number of ether oxygens (including phenoxy) is 2. The fourth-order valence-corrected chi connectivity index (χ4v) is 3.58. The van der Waals surface area contributed by atoms with Crippen molar-refractivity contribution in [3.63, 3.8) is 0 Å². The highest BCUT2D eigenvalue weighted by molar-refractivity contribution is 7.86. The lowest BCUT2D eigenvalue weighted by Crippen LogP contribution is -2.44. The first-order chi connectivity index (χ1) is 9.86. The molecule has 1 aliphatic rings. The second kappa shape index (κ2) is 6.21. The van der Waals surface area contributed by atoms with E-state index in [1.165, 1.54) is 8.61 Å². The molecule has 1 aliphatic heterocycles. The fourth-order valence-electron chi connectivity index (χ4n) is 2.05. The van der Waals surface area contributed by atoms with Crippen LogP contribution in [0.4, 0.5) is 0 Å². The standard InChI is InChI=1S/C14H22N2O4S/c1-5-16(21(17,18)15(4)11(2)3)9-12-6-7-13-14(8-12)20-10-19-13/h6-8,11H,5,9-10H2,1-4H3. The zero-order valence-corrected chi connectivity index (χ0v) is 13.7. The number of fused-ring (bicyclic) bond motifs is 1. The summed E-state index contributed by atoms with van der Waals surface area (Å²) in [6, 6.07) is 5.42. The molecular formula is C14H22N2O4S. The number of benzene rings is 1. The normalized spacial score (nSPS) is 14.4. The van der Waals surface area contributed by atoms with E-state index >= 15 is 0 Å². The van der Waals surface area contributed by atoms with Crippen molar-refractivity contribution in [2.45, 2.75) is 33.4 Å². The van der Waals surface area contributed by atoms with Crippen molar-refractivity contribution in [2.75, 3.05) is 20.4 Å². The third-order valence-electron chi connectivity index (χ3n) is 3.57. The Morgan fingerprint density at radius 3 is 2.52 bits per heavy atom. The molecule has 0 aromatic heterocycles. The van der Waals surface area contributed by atoms with Crippen molar-refractivity contribution in [1.29, 1.82) is 0 Å². The molecule has 2 rings (SSSR count). The lowest BCUT2D eigenvalue weighted by atomic mass is 10.2. The smallest absolute Gasteiger partial charge is 0.282 e. The molecule has 1 heterocycles. The first-order valence-electron chi connectivity index (χ1n) is 6.98. The van der Waals surface area contributed by atoms with E-state index in [0.29, 0.717) is 24.6 Å². The van der Waals surface area contributed by atoms with Gasteiger partial charge in [0.05, 0.1) is 0 Å². The Morgan fingerprint density at radius 1 is 1.24 bits per heavy atom. The number of nitrogens with zero attached hydrogens (tertiary/aromatic N) is 2. The molecule has 7 heteroatoms. The predicted octanol–water partition coefficient (Wildman–Crippen LogP) is 1.82. The first-order valence-corrected chi connectivity index (χ1v) is 8.37. The van der Waals surface area contributed by atoms with Gasteiger partial charge in [-0.1, -0.05) is 13.0 Å². The minimum Gasteiger partial charge on any atom is -0.454 e. The maximum Gasteiger partial charge on any atom is 0.282 e. The van der Waals surface area contributed by atoms with Crippen LogP contribution in [0.15, 0.2) is 18.2 Å². The van der Waals surface area contributed by atoms with Crippen molar-refractivity contribution in [3.8, 4) is 11.5 Å². The van der Waals surface area contributed by atoms with E-state index in [0.717, 1.165) is 5.56 Å². The number of hydrogen-bond acceptors (Lipinski definition) is 4. The van der Waals surface area contributed by atoms with E-state index in [1.54, 1.807) is 7.05 Å². The van der Waals surface area contributed by atoms with Gasteiger partial charge in [0, 0.05) is 26.2 Å². The summed E-state index contributed by atoms with van der Waals surface area (Å²) in [7, 11) is -1.87. The minimum atomic E-state index is -3.47. The van der Waals surface area contributed by atoms with Crippen LogP contribution in [0.5, 0.6) is 11.5 Å².